The van der Waals surface area contributed by atoms with Crippen LogP contribution in [0.25, 0.3) is 0 Å². The number of aryl methyl sites for hydroxylation is 1. The first-order valence-corrected chi connectivity index (χ1v) is 16.1. The van der Waals surface area contributed by atoms with E-state index in [-0.39, 0.29) is 24.5 Å². The van der Waals surface area contributed by atoms with E-state index in [1.165, 1.54) is 89.9 Å². The minimum Gasteiger partial charge on any atom is -1.00 e. The van der Waals surface area contributed by atoms with Crippen LogP contribution in [0.5, 0.6) is 0 Å². The molecule has 6 heteroatoms. The molecule has 0 aliphatic carbocycles. The molecule has 0 radical (unpaired) electrons. The highest BCUT2D eigenvalue weighted by Crippen LogP contribution is 2.34. The zero-order chi connectivity index (χ0) is 27.2. The summed E-state index contributed by atoms with van der Waals surface area (Å²) in [7, 11) is 0. The van der Waals surface area contributed by atoms with Crippen LogP contribution in [0.2, 0.25) is 0 Å². The zero-order valence-corrected chi connectivity index (χ0v) is 25.9. The van der Waals surface area contributed by atoms with Crippen LogP contribution in [-0.4, -0.2) is 31.1 Å². The van der Waals surface area contributed by atoms with Gasteiger partial charge < -0.3 is 26.6 Å². The van der Waals surface area contributed by atoms with Crippen molar-refractivity contribution in [3.63, 3.8) is 0 Å². The Morgan fingerprint density at radius 1 is 0.769 bits per heavy atom. The number of unbranched alkanes of at least 4 members (excludes halogenated alkanes) is 14. The molecule has 0 amide bonds. The second kappa shape index (κ2) is 23.5. The highest BCUT2D eigenvalue weighted by molar-refractivity contribution is 5.69. The maximum atomic E-state index is 12.2. The van der Waals surface area contributed by atoms with Crippen LogP contribution >= 0.6 is 0 Å². The van der Waals surface area contributed by atoms with Crippen molar-refractivity contribution in [3.8, 4) is 0 Å². The molecule has 2 heterocycles. The summed E-state index contributed by atoms with van der Waals surface area (Å²) in [4.78, 5) is 12.2. The van der Waals surface area contributed by atoms with Gasteiger partial charge in [0, 0.05) is 31.4 Å². The van der Waals surface area contributed by atoms with Gasteiger partial charge in [-0.25, -0.2) is 4.57 Å². The monoisotopic (exact) mass is 567 g/mol. The predicted molar refractivity (Wildman–Crippen MR) is 155 cm³/mol. The molecule has 226 valence electrons. The summed E-state index contributed by atoms with van der Waals surface area (Å²) in [6.07, 6.45) is 28.5. The highest BCUT2D eigenvalue weighted by Gasteiger charge is 2.40. The van der Waals surface area contributed by atoms with Crippen molar-refractivity contribution >= 4 is 5.97 Å². The summed E-state index contributed by atoms with van der Waals surface area (Å²) in [5.41, 5.74) is 0. The van der Waals surface area contributed by atoms with Crippen molar-refractivity contribution in [1.82, 2.24) is 0 Å². The minimum absolute atomic E-state index is 0. The first-order valence-electron chi connectivity index (χ1n) is 16.1. The summed E-state index contributed by atoms with van der Waals surface area (Å²) in [5.74, 6) is -0.632. The smallest absolute Gasteiger partial charge is 0.306 e. The largest absolute Gasteiger partial charge is 1.00 e. The lowest BCUT2D eigenvalue weighted by atomic mass is 10.0. The van der Waals surface area contributed by atoms with Crippen molar-refractivity contribution in [2.45, 2.75) is 161 Å². The van der Waals surface area contributed by atoms with Gasteiger partial charge in [-0.3, -0.25) is 4.79 Å². The maximum Gasteiger partial charge on any atom is 0.306 e. The molecule has 1 fully saturated rings. The standard InChI is InChI=1S/C33H58NO4.ClH/c1-3-5-6-7-8-9-10-11-12-13-14-15-16-17-19-25-33(24-4-2)37-30-31(38-33)29-36-32(35)23-22-28-34-26-20-18-21-27-34;/h18,20-21,26-27,31H,3-17,19,22-25,28-30H2,1-2H3;1H/q+1;/p-1. The molecule has 2 unspecified atom stereocenters. The van der Waals surface area contributed by atoms with Crippen molar-refractivity contribution in [2.24, 2.45) is 0 Å². The first kappa shape index (κ1) is 35.9. The Morgan fingerprint density at radius 3 is 1.90 bits per heavy atom. The second-order valence-corrected chi connectivity index (χ2v) is 11.3. The average Bonchev–Trinajstić information content (AvgIpc) is 3.33. The van der Waals surface area contributed by atoms with E-state index >= 15 is 0 Å². The van der Waals surface area contributed by atoms with Crippen molar-refractivity contribution < 1.29 is 36.0 Å². The van der Waals surface area contributed by atoms with Crippen LogP contribution in [-0.2, 0) is 25.5 Å². The van der Waals surface area contributed by atoms with Gasteiger partial charge in [0.2, 0.25) is 0 Å². The topological polar surface area (TPSA) is 48.6 Å². The van der Waals surface area contributed by atoms with Gasteiger partial charge in [-0.1, -0.05) is 116 Å². The van der Waals surface area contributed by atoms with Gasteiger partial charge in [0.1, 0.15) is 19.3 Å². The molecule has 5 nitrogen and oxygen atoms in total. The van der Waals surface area contributed by atoms with Crippen LogP contribution in [0.4, 0.5) is 0 Å². The number of carbonyl (C=O) groups excluding carboxylic acids is 1. The Balaban J connectivity index is 0.00000760. The molecule has 2 rings (SSSR count). The van der Waals surface area contributed by atoms with E-state index in [0.717, 1.165) is 38.6 Å². The fourth-order valence-electron chi connectivity index (χ4n) is 5.48. The van der Waals surface area contributed by atoms with Crippen molar-refractivity contribution in [1.29, 1.82) is 0 Å². The third kappa shape index (κ3) is 17.3. The lowest BCUT2D eigenvalue weighted by Gasteiger charge is -2.28. The average molecular weight is 568 g/mol. The van der Waals surface area contributed by atoms with Gasteiger partial charge in [0.05, 0.1) is 13.0 Å². The molecule has 0 spiro atoms. The molecule has 2 atom stereocenters. The van der Waals surface area contributed by atoms with Gasteiger partial charge in [0.25, 0.3) is 0 Å². The molecule has 39 heavy (non-hydrogen) atoms. The Labute approximate surface area is 246 Å². The first-order chi connectivity index (χ1) is 18.7. The van der Waals surface area contributed by atoms with Crippen molar-refractivity contribution in [3.05, 3.63) is 30.6 Å². The summed E-state index contributed by atoms with van der Waals surface area (Å²) in [5, 5.41) is 0. The van der Waals surface area contributed by atoms with Crippen molar-refractivity contribution in [2.75, 3.05) is 13.2 Å². The van der Waals surface area contributed by atoms with E-state index in [0.29, 0.717) is 19.6 Å². The van der Waals surface area contributed by atoms with Crippen LogP contribution < -0.4 is 17.0 Å². The fraction of sp³-hybridized carbons (Fsp3) is 0.818. The fourth-order valence-corrected chi connectivity index (χ4v) is 5.48. The number of rotatable bonds is 24. The summed E-state index contributed by atoms with van der Waals surface area (Å²) in [6, 6.07) is 5.99. The molecule has 1 aromatic heterocycles. The predicted octanol–water partition coefficient (Wildman–Crippen LogP) is 5.47. The van der Waals surface area contributed by atoms with Gasteiger partial charge in [-0.15, -0.1) is 0 Å². The third-order valence-corrected chi connectivity index (χ3v) is 7.71. The number of hydrogen-bond acceptors (Lipinski definition) is 4. The van der Waals surface area contributed by atoms with Crippen LogP contribution in [0.15, 0.2) is 30.6 Å². The van der Waals surface area contributed by atoms with Gasteiger partial charge in [-0.05, 0) is 6.42 Å². The number of halogens is 1. The zero-order valence-electron chi connectivity index (χ0n) is 25.2. The molecular weight excluding hydrogens is 510 g/mol. The lowest BCUT2D eigenvalue weighted by Crippen LogP contribution is -3.00. The van der Waals surface area contributed by atoms with E-state index in [2.05, 4.69) is 18.4 Å². The molecule has 1 aromatic rings. The van der Waals surface area contributed by atoms with Gasteiger partial charge in [-0.2, -0.15) is 0 Å². The van der Waals surface area contributed by atoms with Crippen LogP contribution in [0.1, 0.15) is 142 Å². The summed E-state index contributed by atoms with van der Waals surface area (Å²) >= 11 is 0. The number of carbonyl (C=O) groups is 1. The summed E-state index contributed by atoms with van der Waals surface area (Å²) in [6.45, 7) is 6.10. The lowest BCUT2D eigenvalue weighted by molar-refractivity contribution is -0.697. The molecular formula is C33H58ClNO4. The van der Waals surface area contributed by atoms with Crippen LogP contribution in [0, 0.1) is 0 Å². The van der Waals surface area contributed by atoms with E-state index < -0.39 is 5.79 Å². The van der Waals surface area contributed by atoms with Gasteiger partial charge in [0.15, 0.2) is 18.2 Å². The van der Waals surface area contributed by atoms with E-state index in [1.54, 1.807) is 0 Å². The number of pyridine rings is 1. The quantitative estimate of drug-likeness (QED) is 0.0943. The highest BCUT2D eigenvalue weighted by atomic mass is 35.5. The Hall–Kier alpha value is -1.17. The molecule has 0 N–H and O–H groups in total. The summed E-state index contributed by atoms with van der Waals surface area (Å²) < 4.78 is 20.1. The number of ether oxygens (including phenoxy) is 3. The molecule has 1 saturated heterocycles. The number of aromatic nitrogens is 1. The molecule has 1 aliphatic heterocycles. The maximum absolute atomic E-state index is 12.2. The Morgan fingerprint density at radius 2 is 1.33 bits per heavy atom. The van der Waals surface area contributed by atoms with E-state index in [9.17, 15) is 4.79 Å². The number of esters is 1. The minimum atomic E-state index is -0.480. The molecule has 1 aliphatic rings. The second-order valence-electron chi connectivity index (χ2n) is 11.3. The third-order valence-electron chi connectivity index (χ3n) is 7.71. The van der Waals surface area contributed by atoms with E-state index in [1.807, 2.05) is 30.6 Å². The molecule has 0 aromatic carbocycles. The number of hydrogen-bond donors (Lipinski definition) is 0. The Kier molecular flexibility index (Phi) is 21.6. The molecule has 0 saturated carbocycles. The molecule has 0 bridgehead atoms. The normalized spacial score (nSPS) is 18.7. The van der Waals surface area contributed by atoms with Gasteiger partial charge >= 0.3 is 5.97 Å². The Bertz CT molecular complexity index is 704. The van der Waals surface area contributed by atoms with Crippen LogP contribution in [0.3, 0.4) is 0 Å². The van der Waals surface area contributed by atoms with E-state index in [4.69, 9.17) is 14.2 Å². The SMILES string of the molecule is CCCCCCCCCCCCCCCCCC1(CCC)OCC(COC(=O)CCC[n+]2ccccc2)O1.[Cl-]. The number of nitrogens with zero attached hydrogens (tertiary/aromatic N) is 1.